The van der Waals surface area contributed by atoms with E-state index in [1.165, 1.54) is 11.3 Å². The van der Waals surface area contributed by atoms with E-state index in [1.54, 1.807) is 6.07 Å². The molecule has 2 aromatic rings. The molecule has 0 saturated heterocycles. The molecule has 1 N–H and O–H groups in total. The van der Waals surface area contributed by atoms with E-state index in [2.05, 4.69) is 0 Å². The molecule has 0 radical (unpaired) electrons. The summed E-state index contributed by atoms with van der Waals surface area (Å²) in [6, 6.07) is 13.2. The molecule has 0 unspecified atom stereocenters. The quantitative estimate of drug-likeness (QED) is 0.812. The van der Waals surface area contributed by atoms with Gasteiger partial charge in [-0.05, 0) is 17.7 Å². The molecule has 0 atom stereocenters. The summed E-state index contributed by atoms with van der Waals surface area (Å²) in [5.41, 5.74) is 1.06. The molecule has 2 rings (SSSR count). The summed E-state index contributed by atoms with van der Waals surface area (Å²) in [7, 11) is 0. The topological polar surface area (TPSA) is 37.3 Å². The molecule has 2 nitrogen and oxygen atoms in total. The Labute approximate surface area is 113 Å². The van der Waals surface area contributed by atoms with Crippen molar-refractivity contribution < 1.29 is 9.90 Å². The Morgan fingerprint density at radius 1 is 0.944 bits per heavy atom. The first-order valence-electron chi connectivity index (χ1n) is 6.16. The first-order chi connectivity index (χ1) is 8.77. The first-order valence-corrected chi connectivity index (χ1v) is 6.97. The van der Waals surface area contributed by atoms with E-state index in [4.69, 9.17) is 5.11 Å². The van der Waals surface area contributed by atoms with Gasteiger partial charge in [-0.1, -0.05) is 58.0 Å². The van der Waals surface area contributed by atoms with Crippen LogP contribution in [0.3, 0.4) is 0 Å². The monoisotopic (exact) mass is 264 g/mol. The van der Waals surface area contributed by atoms with Crippen molar-refractivity contribution in [1.82, 2.24) is 0 Å². The third-order valence-corrected chi connectivity index (χ3v) is 3.00. The molecular weight excluding hydrogens is 244 g/mol. The molecule has 0 amide bonds. The SMILES string of the molecule is CC.CC.O=C(O)c1ccc(-c2ccccc2)s1. The lowest BCUT2D eigenvalue weighted by molar-refractivity contribution is 0.0702. The highest BCUT2D eigenvalue weighted by Crippen LogP contribution is 2.27. The number of aromatic carboxylic acids is 1. The van der Waals surface area contributed by atoms with E-state index < -0.39 is 5.97 Å². The van der Waals surface area contributed by atoms with Gasteiger partial charge in [0.25, 0.3) is 0 Å². The minimum absolute atomic E-state index is 0.379. The first kappa shape index (κ1) is 16.4. The van der Waals surface area contributed by atoms with Gasteiger partial charge in [0.1, 0.15) is 4.88 Å². The lowest BCUT2D eigenvalue weighted by atomic mass is 10.2. The second-order valence-corrected chi connectivity index (χ2v) is 3.92. The molecule has 1 aromatic carbocycles. The summed E-state index contributed by atoms with van der Waals surface area (Å²) in [6.45, 7) is 8.00. The highest BCUT2D eigenvalue weighted by Gasteiger charge is 2.07. The fourth-order valence-corrected chi connectivity index (χ4v) is 2.06. The van der Waals surface area contributed by atoms with Gasteiger partial charge in [-0.3, -0.25) is 0 Å². The molecule has 0 aliphatic rings. The van der Waals surface area contributed by atoms with Gasteiger partial charge in [-0.2, -0.15) is 0 Å². The van der Waals surface area contributed by atoms with Crippen molar-refractivity contribution in [3.8, 4) is 10.4 Å². The van der Waals surface area contributed by atoms with E-state index in [0.29, 0.717) is 4.88 Å². The van der Waals surface area contributed by atoms with Crippen molar-refractivity contribution in [2.24, 2.45) is 0 Å². The van der Waals surface area contributed by atoms with Crippen LogP contribution in [0.25, 0.3) is 10.4 Å². The van der Waals surface area contributed by atoms with Gasteiger partial charge in [0, 0.05) is 4.88 Å². The number of carbonyl (C=O) groups is 1. The van der Waals surface area contributed by atoms with Gasteiger partial charge in [0.15, 0.2) is 0 Å². The summed E-state index contributed by atoms with van der Waals surface area (Å²) < 4.78 is 0. The zero-order valence-corrected chi connectivity index (χ0v) is 12.1. The van der Waals surface area contributed by atoms with E-state index in [0.717, 1.165) is 10.4 Å². The molecule has 3 heteroatoms. The molecule has 0 aliphatic heterocycles. The molecule has 98 valence electrons. The van der Waals surface area contributed by atoms with Crippen LogP contribution in [-0.4, -0.2) is 11.1 Å². The predicted octanol–water partition coefficient (Wildman–Crippen LogP) is 5.17. The average molecular weight is 264 g/mol. The number of thiophene rings is 1. The highest BCUT2D eigenvalue weighted by molar-refractivity contribution is 7.17. The van der Waals surface area contributed by atoms with Crippen molar-refractivity contribution in [3.63, 3.8) is 0 Å². The molecule has 0 aliphatic carbocycles. The van der Waals surface area contributed by atoms with Gasteiger partial charge in [0.2, 0.25) is 0 Å². The van der Waals surface area contributed by atoms with E-state index >= 15 is 0 Å². The summed E-state index contributed by atoms with van der Waals surface area (Å²) in [5.74, 6) is -0.864. The predicted molar refractivity (Wildman–Crippen MR) is 79.4 cm³/mol. The molecular formula is C15H20O2S. The van der Waals surface area contributed by atoms with Gasteiger partial charge in [-0.25, -0.2) is 4.79 Å². The summed E-state index contributed by atoms with van der Waals surface area (Å²) in [6.07, 6.45) is 0. The van der Waals surface area contributed by atoms with Crippen molar-refractivity contribution in [2.75, 3.05) is 0 Å². The molecule has 18 heavy (non-hydrogen) atoms. The lowest BCUT2D eigenvalue weighted by Gasteiger charge is -1.93. The minimum atomic E-state index is -0.864. The van der Waals surface area contributed by atoms with Crippen LogP contribution in [0.15, 0.2) is 42.5 Å². The van der Waals surface area contributed by atoms with Gasteiger partial charge in [0.05, 0.1) is 0 Å². The van der Waals surface area contributed by atoms with Crippen LogP contribution in [0.5, 0.6) is 0 Å². The Hall–Kier alpha value is -1.61. The zero-order valence-electron chi connectivity index (χ0n) is 11.3. The minimum Gasteiger partial charge on any atom is -0.477 e. The summed E-state index contributed by atoms with van der Waals surface area (Å²) in [4.78, 5) is 12.0. The molecule has 0 spiro atoms. The van der Waals surface area contributed by atoms with E-state index in [1.807, 2.05) is 64.1 Å². The van der Waals surface area contributed by atoms with Gasteiger partial charge >= 0.3 is 5.97 Å². The van der Waals surface area contributed by atoms with Crippen molar-refractivity contribution in [2.45, 2.75) is 27.7 Å². The van der Waals surface area contributed by atoms with Crippen molar-refractivity contribution in [3.05, 3.63) is 47.3 Å². The Balaban J connectivity index is 0.000000659. The van der Waals surface area contributed by atoms with Crippen LogP contribution in [0, 0.1) is 0 Å². The van der Waals surface area contributed by atoms with Crippen LogP contribution in [-0.2, 0) is 0 Å². The number of carboxylic acid groups (broad SMARTS) is 1. The maximum Gasteiger partial charge on any atom is 0.345 e. The standard InChI is InChI=1S/C11H8O2S.2C2H6/c12-11(13)10-7-6-9(14-10)8-4-2-1-3-5-8;2*1-2/h1-7H,(H,12,13);2*1-2H3. The second kappa shape index (κ2) is 9.42. The largest absolute Gasteiger partial charge is 0.477 e. The molecule has 1 heterocycles. The maximum absolute atomic E-state index is 10.7. The van der Waals surface area contributed by atoms with Gasteiger partial charge < -0.3 is 5.11 Å². The van der Waals surface area contributed by atoms with Crippen molar-refractivity contribution in [1.29, 1.82) is 0 Å². The number of rotatable bonds is 2. The van der Waals surface area contributed by atoms with Crippen LogP contribution in [0.2, 0.25) is 0 Å². The normalized spacial score (nSPS) is 8.44. The fourth-order valence-electron chi connectivity index (χ4n) is 1.21. The lowest BCUT2D eigenvalue weighted by Crippen LogP contribution is -1.89. The average Bonchev–Trinajstić information content (AvgIpc) is 2.94. The van der Waals surface area contributed by atoms with Crippen LogP contribution >= 0.6 is 11.3 Å². The van der Waals surface area contributed by atoms with Crippen LogP contribution < -0.4 is 0 Å². The zero-order chi connectivity index (χ0) is 14.0. The number of hydrogen-bond acceptors (Lipinski definition) is 2. The van der Waals surface area contributed by atoms with Crippen LogP contribution in [0.4, 0.5) is 0 Å². The Kier molecular flexibility index (Phi) is 8.58. The number of benzene rings is 1. The summed E-state index contributed by atoms with van der Waals surface area (Å²) >= 11 is 1.29. The van der Waals surface area contributed by atoms with Crippen molar-refractivity contribution >= 4 is 17.3 Å². The second-order valence-electron chi connectivity index (χ2n) is 2.84. The Morgan fingerprint density at radius 2 is 1.50 bits per heavy atom. The Bertz CT molecular complexity index is 447. The van der Waals surface area contributed by atoms with E-state index in [9.17, 15) is 4.79 Å². The number of carboxylic acids is 1. The number of hydrogen-bond donors (Lipinski definition) is 1. The molecule has 1 aromatic heterocycles. The summed E-state index contributed by atoms with van der Waals surface area (Å²) in [5, 5.41) is 8.76. The highest BCUT2D eigenvalue weighted by atomic mass is 32.1. The van der Waals surface area contributed by atoms with E-state index in [-0.39, 0.29) is 0 Å². The third kappa shape index (κ3) is 4.72. The van der Waals surface area contributed by atoms with Crippen LogP contribution in [0.1, 0.15) is 37.4 Å². The molecule has 0 fully saturated rings. The fraction of sp³-hybridized carbons (Fsp3) is 0.267. The maximum atomic E-state index is 10.7. The van der Waals surface area contributed by atoms with Gasteiger partial charge in [-0.15, -0.1) is 11.3 Å². The molecule has 0 saturated carbocycles. The molecule has 0 bridgehead atoms. The third-order valence-electron chi connectivity index (χ3n) is 1.88. The Morgan fingerprint density at radius 3 is 1.94 bits per heavy atom. The smallest absolute Gasteiger partial charge is 0.345 e.